The van der Waals surface area contributed by atoms with Gasteiger partial charge in [-0.3, -0.25) is 4.90 Å². The highest BCUT2D eigenvalue weighted by Crippen LogP contribution is 2.35. The average molecular weight is 291 g/mol. The van der Waals surface area contributed by atoms with E-state index in [1.54, 1.807) is 32.9 Å². The summed E-state index contributed by atoms with van der Waals surface area (Å²) < 4.78 is 5.39. The highest BCUT2D eigenvalue weighted by molar-refractivity contribution is 5.97. The van der Waals surface area contributed by atoms with Crippen LogP contribution in [0.2, 0.25) is 0 Å². The summed E-state index contributed by atoms with van der Waals surface area (Å²) in [5.74, 6) is -1.19. The predicted molar refractivity (Wildman–Crippen MR) is 79.4 cm³/mol. The first-order chi connectivity index (χ1) is 9.70. The maximum atomic E-state index is 12.5. The van der Waals surface area contributed by atoms with Gasteiger partial charge in [-0.2, -0.15) is 0 Å². The van der Waals surface area contributed by atoms with Gasteiger partial charge in [-0.25, -0.2) is 9.59 Å². The Morgan fingerprint density at radius 3 is 2.48 bits per heavy atom. The molecule has 0 aromatic heterocycles. The van der Waals surface area contributed by atoms with Gasteiger partial charge in [-0.1, -0.05) is 25.1 Å². The number of ether oxygens (including phenoxy) is 1. The van der Waals surface area contributed by atoms with Crippen LogP contribution in [-0.2, 0) is 16.0 Å². The van der Waals surface area contributed by atoms with Gasteiger partial charge in [0.15, 0.2) is 0 Å². The minimum atomic E-state index is -1.01. The number of para-hydroxylation sites is 1. The quantitative estimate of drug-likeness (QED) is 0.863. The number of anilines is 1. The Hall–Kier alpha value is -2.04. The maximum absolute atomic E-state index is 12.5. The molecule has 1 aliphatic rings. The maximum Gasteiger partial charge on any atom is 0.415 e. The molecule has 1 aliphatic heterocycles. The van der Waals surface area contributed by atoms with Gasteiger partial charge in [-0.05, 0) is 44.7 Å². The van der Waals surface area contributed by atoms with E-state index in [4.69, 9.17) is 4.74 Å². The first-order valence-electron chi connectivity index (χ1n) is 7.03. The fourth-order valence-electron chi connectivity index (χ4n) is 2.66. The summed E-state index contributed by atoms with van der Waals surface area (Å²) in [5, 5.41) is 9.50. The zero-order valence-electron chi connectivity index (χ0n) is 12.8. The molecular weight excluding hydrogens is 270 g/mol. The van der Waals surface area contributed by atoms with Crippen molar-refractivity contribution in [3.8, 4) is 0 Å². The molecule has 0 fully saturated rings. The van der Waals surface area contributed by atoms with Crippen molar-refractivity contribution in [2.75, 3.05) is 4.90 Å². The van der Waals surface area contributed by atoms with Gasteiger partial charge in [0, 0.05) is 0 Å². The Bertz CT molecular complexity index is 562. The first kappa shape index (κ1) is 15.4. The van der Waals surface area contributed by atoms with Crippen molar-refractivity contribution in [3.63, 3.8) is 0 Å². The summed E-state index contributed by atoms with van der Waals surface area (Å²) in [6, 6.07) is 6.46. The second kappa shape index (κ2) is 5.39. The number of hydrogen-bond donors (Lipinski definition) is 1. The number of fused-ring (bicyclic) bond motifs is 1. The monoisotopic (exact) mass is 291 g/mol. The van der Waals surface area contributed by atoms with Gasteiger partial charge in [-0.15, -0.1) is 0 Å². The highest BCUT2D eigenvalue weighted by atomic mass is 16.6. The minimum Gasteiger partial charge on any atom is -0.480 e. The van der Waals surface area contributed by atoms with Crippen LogP contribution in [-0.4, -0.2) is 28.8 Å². The topological polar surface area (TPSA) is 66.8 Å². The molecule has 0 saturated heterocycles. The standard InChI is InChI=1S/C16H21NO4/c1-10-9-11-7-5-6-8-12(11)17(13(10)14(18)19)15(20)21-16(2,3)4/h5-8,10,13H,9H2,1-4H3,(H,18,19)/t10-,13+/m1/s1. The van der Waals surface area contributed by atoms with Crippen LogP contribution in [0.4, 0.5) is 10.5 Å². The van der Waals surface area contributed by atoms with E-state index in [-0.39, 0.29) is 5.92 Å². The molecular formula is C16H21NO4. The largest absolute Gasteiger partial charge is 0.480 e. The molecule has 21 heavy (non-hydrogen) atoms. The van der Waals surface area contributed by atoms with Crippen molar-refractivity contribution in [1.82, 2.24) is 0 Å². The van der Waals surface area contributed by atoms with Crippen LogP contribution in [0.25, 0.3) is 0 Å². The summed E-state index contributed by atoms with van der Waals surface area (Å²) in [6.07, 6.45) is 0.0146. The van der Waals surface area contributed by atoms with E-state index in [2.05, 4.69) is 0 Å². The van der Waals surface area contributed by atoms with Crippen molar-refractivity contribution in [3.05, 3.63) is 29.8 Å². The Kier molecular flexibility index (Phi) is 3.94. The van der Waals surface area contributed by atoms with Crippen molar-refractivity contribution in [1.29, 1.82) is 0 Å². The molecule has 5 heteroatoms. The number of carbonyl (C=O) groups is 2. The van der Waals surface area contributed by atoms with Gasteiger partial charge in [0.1, 0.15) is 11.6 Å². The summed E-state index contributed by atoms with van der Waals surface area (Å²) in [4.78, 5) is 25.4. The lowest BCUT2D eigenvalue weighted by atomic mass is 9.87. The van der Waals surface area contributed by atoms with Crippen LogP contribution >= 0.6 is 0 Å². The molecule has 1 amide bonds. The molecule has 2 atom stereocenters. The fourth-order valence-corrected chi connectivity index (χ4v) is 2.66. The lowest BCUT2D eigenvalue weighted by molar-refractivity contribution is -0.140. The third-order valence-electron chi connectivity index (χ3n) is 3.45. The zero-order chi connectivity index (χ0) is 15.8. The lowest BCUT2D eigenvalue weighted by Crippen LogP contribution is -2.53. The van der Waals surface area contributed by atoms with E-state index in [0.29, 0.717) is 12.1 Å². The molecule has 2 rings (SSSR count). The van der Waals surface area contributed by atoms with E-state index >= 15 is 0 Å². The Balaban J connectivity index is 2.46. The molecule has 1 aromatic rings. The molecule has 0 radical (unpaired) electrons. The molecule has 0 aliphatic carbocycles. The number of carboxylic acids is 1. The van der Waals surface area contributed by atoms with E-state index in [0.717, 1.165) is 5.56 Å². The first-order valence-corrected chi connectivity index (χ1v) is 7.03. The smallest absolute Gasteiger partial charge is 0.415 e. The Labute approximate surface area is 124 Å². The van der Waals surface area contributed by atoms with Crippen LogP contribution in [0.15, 0.2) is 24.3 Å². The van der Waals surface area contributed by atoms with Crippen molar-refractivity contribution in [2.24, 2.45) is 5.92 Å². The van der Waals surface area contributed by atoms with Crippen LogP contribution in [0.1, 0.15) is 33.3 Å². The number of rotatable bonds is 1. The molecule has 5 nitrogen and oxygen atoms in total. The highest BCUT2D eigenvalue weighted by Gasteiger charge is 2.41. The van der Waals surface area contributed by atoms with E-state index in [1.165, 1.54) is 4.90 Å². The third kappa shape index (κ3) is 3.17. The molecule has 0 saturated carbocycles. The van der Waals surface area contributed by atoms with Gasteiger partial charge >= 0.3 is 12.1 Å². The molecule has 1 heterocycles. The summed E-state index contributed by atoms with van der Waals surface area (Å²) in [5.41, 5.74) is 0.918. The van der Waals surface area contributed by atoms with E-state index < -0.39 is 23.7 Å². The molecule has 1 N–H and O–H groups in total. The molecule has 1 aromatic carbocycles. The van der Waals surface area contributed by atoms with Crippen molar-refractivity contribution in [2.45, 2.75) is 45.8 Å². The number of benzene rings is 1. The van der Waals surface area contributed by atoms with Gasteiger partial charge in [0.25, 0.3) is 0 Å². The van der Waals surface area contributed by atoms with Crippen LogP contribution in [0, 0.1) is 5.92 Å². The summed E-state index contributed by atoms with van der Waals surface area (Å²) in [6.45, 7) is 7.13. The van der Waals surface area contributed by atoms with Gasteiger partial charge in [0.2, 0.25) is 0 Å². The Morgan fingerprint density at radius 1 is 1.29 bits per heavy atom. The van der Waals surface area contributed by atoms with Crippen LogP contribution in [0.5, 0.6) is 0 Å². The van der Waals surface area contributed by atoms with E-state index in [1.807, 2.05) is 19.1 Å². The number of carbonyl (C=O) groups excluding carboxylic acids is 1. The normalized spacial score (nSPS) is 21.6. The molecule has 0 bridgehead atoms. The van der Waals surface area contributed by atoms with Crippen LogP contribution < -0.4 is 4.90 Å². The van der Waals surface area contributed by atoms with Crippen molar-refractivity contribution < 1.29 is 19.4 Å². The van der Waals surface area contributed by atoms with Crippen molar-refractivity contribution >= 4 is 17.7 Å². The zero-order valence-corrected chi connectivity index (χ0v) is 12.8. The SMILES string of the molecule is C[C@@H]1Cc2ccccc2N(C(=O)OC(C)(C)C)[C@@H]1C(=O)O. The van der Waals surface area contributed by atoms with Crippen LogP contribution in [0.3, 0.4) is 0 Å². The Morgan fingerprint density at radius 2 is 1.90 bits per heavy atom. The van der Waals surface area contributed by atoms with E-state index in [9.17, 15) is 14.7 Å². The third-order valence-corrected chi connectivity index (χ3v) is 3.45. The van der Waals surface area contributed by atoms with Gasteiger partial charge < -0.3 is 9.84 Å². The number of aliphatic carboxylic acids is 1. The fraction of sp³-hybridized carbons (Fsp3) is 0.500. The number of amides is 1. The number of hydrogen-bond acceptors (Lipinski definition) is 3. The molecule has 0 unspecified atom stereocenters. The summed E-state index contributed by atoms with van der Waals surface area (Å²) in [7, 11) is 0. The predicted octanol–water partition coefficient (Wildman–Crippen LogP) is 3.07. The lowest BCUT2D eigenvalue weighted by Gasteiger charge is -2.39. The van der Waals surface area contributed by atoms with Gasteiger partial charge in [0.05, 0.1) is 5.69 Å². The second-order valence-corrected chi connectivity index (χ2v) is 6.44. The molecule has 0 spiro atoms. The average Bonchev–Trinajstić information content (AvgIpc) is 2.34. The second-order valence-electron chi connectivity index (χ2n) is 6.44. The summed E-state index contributed by atoms with van der Waals surface area (Å²) >= 11 is 0. The number of carboxylic acid groups (broad SMARTS) is 1. The minimum absolute atomic E-state index is 0.176. The number of nitrogens with zero attached hydrogens (tertiary/aromatic N) is 1. The molecule has 114 valence electrons.